The standard InChI is InChI=1S/C26H30F2N4O4/c1-25(24(34)31-36,26(2,35)23(27)28)30-22(33)21-11-9-19(10-12-21)4-3-18-5-7-20(8-6-18)17-32-15-13-29-14-16-32/h5-12,23,29,35-36H,13-17H2,1-2H3,(H,30,33)(H,31,34). The first-order valence-electron chi connectivity index (χ1n) is 11.5. The maximum atomic E-state index is 13.4. The van der Waals surface area contributed by atoms with E-state index in [2.05, 4.69) is 27.4 Å². The van der Waals surface area contributed by atoms with Crippen LogP contribution in [0.2, 0.25) is 0 Å². The maximum absolute atomic E-state index is 13.4. The number of halogens is 2. The lowest BCUT2D eigenvalue weighted by molar-refractivity contribution is -0.165. The molecular weight excluding hydrogens is 470 g/mol. The van der Waals surface area contributed by atoms with E-state index in [1.807, 2.05) is 24.3 Å². The Morgan fingerprint density at radius 1 is 1.03 bits per heavy atom. The molecule has 36 heavy (non-hydrogen) atoms. The van der Waals surface area contributed by atoms with Crippen LogP contribution in [-0.2, 0) is 11.3 Å². The Morgan fingerprint density at radius 3 is 2.06 bits per heavy atom. The molecule has 1 saturated heterocycles. The molecule has 1 heterocycles. The van der Waals surface area contributed by atoms with Gasteiger partial charge in [-0.3, -0.25) is 19.7 Å². The topological polar surface area (TPSA) is 114 Å². The number of benzene rings is 2. The molecule has 2 amide bonds. The third-order valence-corrected chi connectivity index (χ3v) is 6.42. The van der Waals surface area contributed by atoms with Crippen molar-refractivity contribution < 1.29 is 28.7 Å². The normalized spacial score (nSPS) is 17.3. The SMILES string of the molecule is CC(NC(=O)c1ccc(C#Cc2ccc(CN3CCNCC3)cc2)cc1)(C(=O)NO)C(C)(O)C(F)F. The van der Waals surface area contributed by atoms with Gasteiger partial charge in [-0.05, 0) is 55.8 Å². The summed E-state index contributed by atoms with van der Waals surface area (Å²) >= 11 is 0. The van der Waals surface area contributed by atoms with Gasteiger partial charge < -0.3 is 15.7 Å². The molecule has 5 N–H and O–H groups in total. The highest BCUT2D eigenvalue weighted by atomic mass is 19.3. The molecule has 0 aliphatic carbocycles. The molecule has 1 aliphatic rings. The van der Waals surface area contributed by atoms with Crippen LogP contribution in [0, 0.1) is 11.8 Å². The van der Waals surface area contributed by atoms with Crippen molar-refractivity contribution in [3.05, 3.63) is 70.8 Å². The first-order valence-corrected chi connectivity index (χ1v) is 11.5. The van der Waals surface area contributed by atoms with Crippen molar-refractivity contribution in [2.45, 2.75) is 38.0 Å². The lowest BCUT2D eigenvalue weighted by atomic mass is 9.81. The Labute approximate surface area is 208 Å². The average molecular weight is 501 g/mol. The largest absolute Gasteiger partial charge is 0.381 e. The van der Waals surface area contributed by atoms with Gasteiger partial charge in [-0.1, -0.05) is 24.0 Å². The number of rotatable bonds is 7. The molecule has 0 bridgehead atoms. The number of nitrogens with one attached hydrogen (secondary N) is 3. The number of carbonyl (C=O) groups excluding carboxylic acids is 2. The van der Waals surface area contributed by atoms with Gasteiger partial charge in [0.15, 0.2) is 11.1 Å². The van der Waals surface area contributed by atoms with E-state index in [0.717, 1.165) is 45.2 Å². The monoisotopic (exact) mass is 500 g/mol. The second-order valence-corrected chi connectivity index (χ2v) is 9.02. The molecule has 2 aromatic rings. The van der Waals surface area contributed by atoms with Crippen molar-refractivity contribution in [2.24, 2.45) is 0 Å². The van der Waals surface area contributed by atoms with E-state index in [0.29, 0.717) is 12.5 Å². The Balaban J connectivity index is 1.66. The van der Waals surface area contributed by atoms with E-state index in [1.54, 1.807) is 12.1 Å². The number of hydrogen-bond acceptors (Lipinski definition) is 6. The smallest absolute Gasteiger partial charge is 0.272 e. The van der Waals surface area contributed by atoms with Crippen LogP contribution in [0.5, 0.6) is 0 Å². The van der Waals surface area contributed by atoms with Crippen LogP contribution in [0.4, 0.5) is 8.78 Å². The van der Waals surface area contributed by atoms with Gasteiger partial charge in [-0.2, -0.15) is 0 Å². The lowest BCUT2D eigenvalue weighted by Crippen LogP contribution is -2.70. The lowest BCUT2D eigenvalue weighted by Gasteiger charge is -2.40. The number of amides is 2. The number of hydroxylamine groups is 1. The van der Waals surface area contributed by atoms with Gasteiger partial charge in [0.05, 0.1) is 0 Å². The second-order valence-electron chi connectivity index (χ2n) is 9.02. The van der Waals surface area contributed by atoms with Crippen molar-refractivity contribution in [2.75, 3.05) is 26.2 Å². The Hall–Kier alpha value is -3.36. The first-order chi connectivity index (χ1) is 17.1. The Kier molecular flexibility index (Phi) is 8.76. The van der Waals surface area contributed by atoms with Crippen LogP contribution in [0.25, 0.3) is 0 Å². The van der Waals surface area contributed by atoms with Crippen LogP contribution >= 0.6 is 0 Å². The third kappa shape index (κ3) is 6.25. The highest BCUT2D eigenvalue weighted by molar-refractivity contribution is 5.99. The molecule has 0 radical (unpaired) electrons. The zero-order chi connectivity index (χ0) is 26.3. The molecule has 2 atom stereocenters. The number of hydrogen-bond donors (Lipinski definition) is 5. The van der Waals surface area contributed by atoms with E-state index < -0.39 is 29.4 Å². The quantitative estimate of drug-likeness (QED) is 0.224. The Morgan fingerprint density at radius 2 is 1.56 bits per heavy atom. The molecule has 0 aromatic heterocycles. The summed E-state index contributed by atoms with van der Waals surface area (Å²) in [5.41, 5.74) is -1.53. The van der Waals surface area contributed by atoms with Gasteiger partial charge in [-0.25, -0.2) is 14.3 Å². The van der Waals surface area contributed by atoms with Crippen molar-refractivity contribution >= 4 is 11.8 Å². The highest BCUT2D eigenvalue weighted by Crippen LogP contribution is 2.29. The van der Waals surface area contributed by atoms with Gasteiger partial charge in [0.25, 0.3) is 18.2 Å². The van der Waals surface area contributed by atoms with Gasteiger partial charge in [0.2, 0.25) is 0 Å². The van der Waals surface area contributed by atoms with Crippen molar-refractivity contribution in [3.63, 3.8) is 0 Å². The molecule has 0 spiro atoms. The molecule has 0 saturated carbocycles. The molecular formula is C26H30F2N4O4. The molecule has 2 aromatic carbocycles. The van der Waals surface area contributed by atoms with E-state index >= 15 is 0 Å². The van der Waals surface area contributed by atoms with Crippen LogP contribution < -0.4 is 16.1 Å². The molecule has 10 heteroatoms. The van der Waals surface area contributed by atoms with Crippen molar-refractivity contribution in [1.29, 1.82) is 0 Å². The summed E-state index contributed by atoms with van der Waals surface area (Å²) in [6.07, 6.45) is -3.38. The number of aliphatic hydroxyl groups is 1. The number of alkyl halides is 2. The van der Waals surface area contributed by atoms with E-state index in [-0.39, 0.29) is 5.56 Å². The van der Waals surface area contributed by atoms with E-state index in [1.165, 1.54) is 23.2 Å². The summed E-state index contributed by atoms with van der Waals surface area (Å²) in [5, 5.41) is 24.6. The van der Waals surface area contributed by atoms with Crippen LogP contribution in [0.15, 0.2) is 48.5 Å². The number of piperazine rings is 1. The maximum Gasteiger partial charge on any atom is 0.272 e. The molecule has 8 nitrogen and oxygen atoms in total. The fourth-order valence-electron chi connectivity index (χ4n) is 3.71. The third-order valence-electron chi connectivity index (χ3n) is 6.42. The zero-order valence-corrected chi connectivity index (χ0v) is 20.1. The minimum Gasteiger partial charge on any atom is -0.381 e. The number of nitrogens with zero attached hydrogens (tertiary/aromatic N) is 1. The summed E-state index contributed by atoms with van der Waals surface area (Å²) in [4.78, 5) is 27.1. The summed E-state index contributed by atoms with van der Waals surface area (Å²) in [6.45, 7) is 6.53. The van der Waals surface area contributed by atoms with E-state index in [4.69, 9.17) is 5.21 Å². The second kappa shape index (κ2) is 11.6. The minimum atomic E-state index is -3.38. The number of carbonyl (C=O) groups is 2. The summed E-state index contributed by atoms with van der Waals surface area (Å²) in [6, 6.07) is 14.0. The molecule has 1 aliphatic heterocycles. The fourth-order valence-corrected chi connectivity index (χ4v) is 3.71. The molecule has 1 fully saturated rings. The van der Waals surface area contributed by atoms with Crippen molar-refractivity contribution in [1.82, 2.24) is 21.0 Å². The summed E-state index contributed by atoms with van der Waals surface area (Å²) in [7, 11) is 0. The van der Waals surface area contributed by atoms with Crippen molar-refractivity contribution in [3.8, 4) is 11.8 Å². The van der Waals surface area contributed by atoms with Gasteiger partial charge in [0, 0.05) is 49.4 Å². The minimum absolute atomic E-state index is 0.0554. The zero-order valence-electron chi connectivity index (χ0n) is 20.1. The molecule has 192 valence electrons. The van der Waals surface area contributed by atoms with E-state index in [9.17, 15) is 23.5 Å². The molecule has 2 unspecified atom stereocenters. The predicted octanol–water partition coefficient (Wildman–Crippen LogP) is 1.50. The van der Waals surface area contributed by atoms with Crippen LogP contribution in [-0.4, -0.2) is 70.8 Å². The average Bonchev–Trinajstić information content (AvgIpc) is 2.88. The summed E-state index contributed by atoms with van der Waals surface area (Å²) in [5.74, 6) is 3.79. The van der Waals surface area contributed by atoms with Gasteiger partial charge in [0.1, 0.15) is 0 Å². The van der Waals surface area contributed by atoms with Crippen LogP contribution in [0.1, 0.15) is 40.9 Å². The first kappa shape index (κ1) is 27.2. The molecule has 3 rings (SSSR count). The summed E-state index contributed by atoms with van der Waals surface area (Å²) < 4.78 is 26.8. The fraction of sp³-hybridized carbons (Fsp3) is 0.385. The Bertz CT molecular complexity index is 1120. The van der Waals surface area contributed by atoms with Gasteiger partial charge in [-0.15, -0.1) is 0 Å². The van der Waals surface area contributed by atoms with Crippen LogP contribution in [0.3, 0.4) is 0 Å². The highest BCUT2D eigenvalue weighted by Gasteiger charge is 2.56. The predicted molar refractivity (Wildman–Crippen MR) is 129 cm³/mol. The van der Waals surface area contributed by atoms with Gasteiger partial charge >= 0.3 is 0 Å².